The van der Waals surface area contributed by atoms with Crippen LogP contribution in [0.25, 0.3) is 10.2 Å². The number of alkyl halides is 1. The summed E-state index contributed by atoms with van der Waals surface area (Å²) in [6, 6.07) is 11.0. The second-order valence-electron chi connectivity index (χ2n) is 6.42. The Morgan fingerprint density at radius 2 is 2.00 bits per heavy atom. The molecule has 0 aliphatic carbocycles. The Labute approximate surface area is 180 Å². The molecule has 28 heavy (non-hydrogen) atoms. The number of thiophene rings is 1. The standard InChI is InChI=1S/C20H19IN4O2S/c21-10-5-2-6-11-22-18(26)17-16-15-14(9-12-23-19(15)28-17)25(20(27)24-16)13-7-3-1-4-8-13/h1,3-4,7-9,12H,2,5-6,10-11H2,(H,22,26)(H,24,27). The van der Waals surface area contributed by atoms with E-state index in [1.54, 1.807) is 11.1 Å². The Balaban J connectivity index is 1.67. The molecule has 8 heteroatoms. The van der Waals surface area contributed by atoms with Crippen LogP contribution in [0.4, 0.5) is 21.9 Å². The van der Waals surface area contributed by atoms with Crippen LogP contribution in [0.2, 0.25) is 0 Å². The molecule has 6 nitrogen and oxygen atoms in total. The molecular weight excluding hydrogens is 487 g/mol. The molecule has 0 saturated carbocycles. The summed E-state index contributed by atoms with van der Waals surface area (Å²) in [5.41, 5.74) is 2.07. The van der Waals surface area contributed by atoms with Crippen LogP contribution in [0, 0.1) is 0 Å². The average Bonchev–Trinajstić information content (AvgIpc) is 3.08. The van der Waals surface area contributed by atoms with Crippen molar-refractivity contribution in [2.24, 2.45) is 0 Å². The van der Waals surface area contributed by atoms with Crippen LogP contribution in [0.1, 0.15) is 28.9 Å². The van der Waals surface area contributed by atoms with Crippen LogP contribution >= 0.6 is 33.9 Å². The monoisotopic (exact) mass is 506 g/mol. The minimum Gasteiger partial charge on any atom is -0.351 e. The fourth-order valence-electron chi connectivity index (χ4n) is 3.26. The van der Waals surface area contributed by atoms with Crippen LogP contribution in [0.3, 0.4) is 0 Å². The lowest BCUT2D eigenvalue weighted by Crippen LogP contribution is -2.34. The maximum atomic E-state index is 12.9. The molecule has 144 valence electrons. The predicted octanol–water partition coefficient (Wildman–Crippen LogP) is 5.32. The second kappa shape index (κ2) is 8.44. The maximum Gasteiger partial charge on any atom is 0.331 e. The molecule has 4 rings (SSSR count). The number of rotatable bonds is 7. The molecule has 2 aromatic heterocycles. The zero-order chi connectivity index (χ0) is 19.5. The number of halogens is 1. The van der Waals surface area contributed by atoms with Gasteiger partial charge >= 0.3 is 6.03 Å². The lowest BCUT2D eigenvalue weighted by molar-refractivity contribution is 0.0958. The van der Waals surface area contributed by atoms with Crippen molar-refractivity contribution in [3.8, 4) is 0 Å². The summed E-state index contributed by atoms with van der Waals surface area (Å²) in [6.07, 6.45) is 4.88. The van der Waals surface area contributed by atoms with Crippen LogP contribution in [0.15, 0.2) is 42.6 Å². The Kier molecular flexibility index (Phi) is 5.77. The van der Waals surface area contributed by atoms with Crippen molar-refractivity contribution in [2.75, 3.05) is 21.2 Å². The number of urea groups is 1. The van der Waals surface area contributed by atoms with Crippen LogP contribution in [0.5, 0.6) is 0 Å². The molecule has 0 saturated heterocycles. The number of nitrogens with zero attached hydrogens (tertiary/aromatic N) is 2. The van der Waals surface area contributed by atoms with Crippen molar-refractivity contribution in [3.05, 3.63) is 47.5 Å². The molecule has 0 fully saturated rings. The van der Waals surface area contributed by atoms with Gasteiger partial charge in [-0.1, -0.05) is 47.2 Å². The second-order valence-corrected chi connectivity index (χ2v) is 8.50. The quantitative estimate of drug-likeness (QED) is 0.259. The third-order valence-electron chi connectivity index (χ3n) is 4.56. The number of anilines is 3. The number of nitrogens with one attached hydrogen (secondary N) is 2. The van der Waals surface area contributed by atoms with Crippen molar-refractivity contribution in [3.63, 3.8) is 0 Å². The first-order valence-corrected chi connectivity index (χ1v) is 11.5. The van der Waals surface area contributed by atoms with Gasteiger partial charge in [-0.25, -0.2) is 9.78 Å². The van der Waals surface area contributed by atoms with E-state index in [9.17, 15) is 9.59 Å². The van der Waals surface area contributed by atoms with Crippen molar-refractivity contribution in [1.29, 1.82) is 0 Å². The lowest BCUT2D eigenvalue weighted by atomic mass is 10.1. The number of para-hydroxylation sites is 1. The first-order valence-electron chi connectivity index (χ1n) is 9.12. The van der Waals surface area contributed by atoms with Gasteiger partial charge in [-0.3, -0.25) is 9.69 Å². The number of aromatic nitrogens is 1. The number of hydrogen-bond donors (Lipinski definition) is 2. The Bertz CT molecular complexity index is 1020. The molecular formula is C20H19IN4O2S. The van der Waals surface area contributed by atoms with E-state index in [1.807, 2.05) is 36.4 Å². The summed E-state index contributed by atoms with van der Waals surface area (Å²) in [4.78, 5) is 32.9. The van der Waals surface area contributed by atoms with E-state index in [1.165, 1.54) is 11.3 Å². The van der Waals surface area contributed by atoms with E-state index in [0.717, 1.165) is 45.3 Å². The van der Waals surface area contributed by atoms with Gasteiger partial charge in [-0.05, 0) is 35.5 Å². The van der Waals surface area contributed by atoms with Gasteiger partial charge in [0, 0.05) is 12.7 Å². The fraction of sp³-hybridized carbons (Fsp3) is 0.250. The highest BCUT2D eigenvalue weighted by Crippen LogP contribution is 2.45. The Morgan fingerprint density at radius 1 is 1.18 bits per heavy atom. The highest BCUT2D eigenvalue weighted by Gasteiger charge is 2.32. The number of carbonyl (C=O) groups excluding carboxylic acids is 2. The van der Waals surface area contributed by atoms with Gasteiger partial charge in [0.15, 0.2) is 0 Å². The smallest absolute Gasteiger partial charge is 0.331 e. The molecule has 0 spiro atoms. The molecule has 2 N–H and O–H groups in total. The summed E-state index contributed by atoms with van der Waals surface area (Å²) in [7, 11) is 0. The number of unbranched alkanes of at least 4 members (excludes halogenated alkanes) is 2. The van der Waals surface area contributed by atoms with E-state index < -0.39 is 0 Å². The molecule has 0 radical (unpaired) electrons. The minimum absolute atomic E-state index is 0.160. The topological polar surface area (TPSA) is 74.3 Å². The molecule has 3 aromatic rings. The van der Waals surface area contributed by atoms with E-state index in [4.69, 9.17) is 0 Å². The van der Waals surface area contributed by atoms with Crippen LogP contribution in [-0.2, 0) is 0 Å². The van der Waals surface area contributed by atoms with Gasteiger partial charge in [0.05, 0.1) is 22.4 Å². The highest BCUT2D eigenvalue weighted by atomic mass is 127. The van der Waals surface area contributed by atoms with Gasteiger partial charge in [0.25, 0.3) is 5.91 Å². The third-order valence-corrected chi connectivity index (χ3v) is 6.42. The molecule has 0 bridgehead atoms. The van der Waals surface area contributed by atoms with Crippen molar-refractivity contribution >= 4 is 73.1 Å². The first kappa shape index (κ1) is 19.1. The van der Waals surface area contributed by atoms with Gasteiger partial charge < -0.3 is 10.6 Å². The van der Waals surface area contributed by atoms with Crippen molar-refractivity contribution in [2.45, 2.75) is 19.3 Å². The first-order chi connectivity index (χ1) is 13.7. The van der Waals surface area contributed by atoms with E-state index in [2.05, 4.69) is 38.2 Å². The van der Waals surface area contributed by atoms with Crippen molar-refractivity contribution in [1.82, 2.24) is 10.3 Å². The molecule has 3 heterocycles. The largest absolute Gasteiger partial charge is 0.351 e. The number of pyridine rings is 1. The molecule has 3 amide bonds. The van der Waals surface area contributed by atoms with Gasteiger partial charge in [-0.15, -0.1) is 11.3 Å². The highest BCUT2D eigenvalue weighted by molar-refractivity contribution is 14.1. The van der Waals surface area contributed by atoms with Crippen LogP contribution in [-0.4, -0.2) is 27.9 Å². The summed E-state index contributed by atoms with van der Waals surface area (Å²) < 4.78 is 1.13. The molecule has 0 atom stereocenters. The molecule has 0 unspecified atom stereocenters. The molecule has 1 aromatic carbocycles. The minimum atomic E-state index is -0.277. The molecule has 1 aliphatic rings. The number of amides is 3. The van der Waals surface area contributed by atoms with E-state index in [-0.39, 0.29) is 11.9 Å². The SMILES string of the molecule is O=C(NCCCCCI)c1sc2nccc3c2c1NC(=O)N3c1ccccc1. The predicted molar refractivity (Wildman–Crippen MR) is 122 cm³/mol. The zero-order valence-corrected chi connectivity index (χ0v) is 18.0. The van der Waals surface area contributed by atoms with Gasteiger partial charge in [0.2, 0.25) is 0 Å². The van der Waals surface area contributed by atoms with E-state index in [0.29, 0.717) is 17.1 Å². The normalized spacial score (nSPS) is 12.9. The van der Waals surface area contributed by atoms with Crippen LogP contribution < -0.4 is 15.5 Å². The maximum absolute atomic E-state index is 12.9. The summed E-state index contributed by atoms with van der Waals surface area (Å²) >= 11 is 3.67. The number of carbonyl (C=O) groups is 2. The fourth-order valence-corrected chi connectivity index (χ4v) is 4.83. The Morgan fingerprint density at radius 3 is 2.79 bits per heavy atom. The van der Waals surface area contributed by atoms with Gasteiger partial charge in [0.1, 0.15) is 9.71 Å². The zero-order valence-electron chi connectivity index (χ0n) is 15.1. The van der Waals surface area contributed by atoms with E-state index >= 15 is 0 Å². The van der Waals surface area contributed by atoms with Crippen molar-refractivity contribution < 1.29 is 9.59 Å². The Hall–Kier alpha value is -2.20. The number of benzene rings is 1. The molecule has 1 aliphatic heterocycles. The average molecular weight is 506 g/mol. The third kappa shape index (κ3) is 3.58. The summed E-state index contributed by atoms with van der Waals surface area (Å²) in [5, 5.41) is 6.69. The summed E-state index contributed by atoms with van der Waals surface area (Å²) in [5.74, 6) is -0.160. The summed E-state index contributed by atoms with van der Waals surface area (Å²) in [6.45, 7) is 0.632. The number of hydrogen-bond acceptors (Lipinski definition) is 4. The lowest BCUT2D eigenvalue weighted by Gasteiger charge is -2.28. The van der Waals surface area contributed by atoms with Gasteiger partial charge in [-0.2, -0.15) is 0 Å².